The van der Waals surface area contributed by atoms with Crippen molar-refractivity contribution in [1.82, 2.24) is 0 Å². The fourth-order valence-corrected chi connectivity index (χ4v) is 3.47. The Labute approximate surface area is 214 Å². The van der Waals surface area contributed by atoms with E-state index in [1.807, 2.05) is 77.7 Å². The zero-order valence-corrected chi connectivity index (χ0v) is 20.7. The van der Waals surface area contributed by atoms with Gasteiger partial charge in [-0.3, -0.25) is 14.7 Å². The maximum atomic E-state index is 11.2. The highest BCUT2D eigenvalue weighted by molar-refractivity contribution is 5.81. The van der Waals surface area contributed by atoms with E-state index in [0.29, 0.717) is 33.8 Å². The van der Waals surface area contributed by atoms with Gasteiger partial charge in [0.05, 0.1) is 17.1 Å². The lowest BCUT2D eigenvalue weighted by atomic mass is 10.0. The van der Waals surface area contributed by atoms with Gasteiger partial charge < -0.3 is 4.90 Å². The zero-order valence-electron chi connectivity index (χ0n) is 20.7. The molecule has 0 aliphatic carbocycles. The Hall–Kier alpha value is -4.25. The number of carbonyl (C=O) groups excluding carboxylic acids is 3. The van der Waals surface area contributed by atoms with Gasteiger partial charge in [-0.2, -0.15) is 14.7 Å². The van der Waals surface area contributed by atoms with Crippen LogP contribution in [0.5, 0.6) is 0 Å². The minimum atomic E-state index is -0.574. The molecule has 0 aliphatic heterocycles. The van der Waals surface area contributed by atoms with E-state index in [9.17, 15) is 14.4 Å². The first-order chi connectivity index (χ1) is 17.9. The van der Waals surface area contributed by atoms with E-state index in [4.69, 9.17) is 29.3 Å². The number of carbonyl (C=O) groups is 3. The van der Waals surface area contributed by atoms with Crippen LogP contribution in [0.25, 0.3) is 0 Å². The third-order valence-electron chi connectivity index (χ3n) is 4.87. The van der Waals surface area contributed by atoms with Gasteiger partial charge in [-0.1, -0.05) is 54.6 Å². The van der Waals surface area contributed by atoms with Crippen LogP contribution in [0.2, 0.25) is 0 Å². The number of benzene rings is 3. The predicted molar refractivity (Wildman–Crippen MR) is 131 cm³/mol. The Balaban J connectivity index is 2.10. The van der Waals surface area contributed by atoms with Crippen molar-refractivity contribution in [2.45, 2.75) is 40.6 Å². The van der Waals surface area contributed by atoms with Gasteiger partial charge in [-0.25, -0.2) is 14.4 Å². The van der Waals surface area contributed by atoms with Crippen LogP contribution in [-0.4, -0.2) is 17.9 Å². The first-order valence-electron chi connectivity index (χ1n) is 11.3. The topological polar surface area (TPSA) is 110 Å². The van der Waals surface area contributed by atoms with Gasteiger partial charge in [0.15, 0.2) is 0 Å². The van der Waals surface area contributed by atoms with E-state index in [0.717, 1.165) is 0 Å². The highest BCUT2D eigenvalue weighted by Gasteiger charge is 2.22. The highest BCUT2D eigenvalue weighted by Crippen LogP contribution is 2.40. The van der Waals surface area contributed by atoms with Crippen molar-refractivity contribution >= 4 is 35.0 Å². The fourth-order valence-electron chi connectivity index (χ4n) is 3.47. The van der Waals surface area contributed by atoms with Crippen molar-refractivity contribution in [3.05, 3.63) is 89.5 Å². The van der Waals surface area contributed by atoms with Gasteiger partial charge in [0.2, 0.25) is 0 Å². The normalized spacial score (nSPS) is 10.5. The second kappa shape index (κ2) is 13.7. The molecule has 0 radical (unpaired) electrons. The molecule has 37 heavy (non-hydrogen) atoms. The molecule has 0 heterocycles. The van der Waals surface area contributed by atoms with Crippen LogP contribution in [0.1, 0.15) is 37.5 Å². The summed E-state index contributed by atoms with van der Waals surface area (Å²) < 4.78 is 0. The average Bonchev–Trinajstić information content (AvgIpc) is 2.86. The number of nitrogens with zero attached hydrogens (tertiary/aromatic N) is 1. The van der Waals surface area contributed by atoms with E-state index < -0.39 is 17.9 Å². The highest BCUT2D eigenvalue weighted by atomic mass is 17.2. The molecule has 0 amide bonds. The molecular formula is C27H27NO9. The molecule has 0 aliphatic rings. The number of para-hydroxylation sites is 3. The summed E-state index contributed by atoms with van der Waals surface area (Å²) in [5.41, 5.74) is 4.22. The number of hydrogen-bond donors (Lipinski definition) is 0. The Morgan fingerprint density at radius 2 is 0.784 bits per heavy atom. The van der Waals surface area contributed by atoms with E-state index in [2.05, 4.69) is 0 Å². The van der Waals surface area contributed by atoms with Crippen LogP contribution in [0, 0.1) is 0 Å². The lowest BCUT2D eigenvalue weighted by Crippen LogP contribution is -2.17. The van der Waals surface area contributed by atoms with Crippen molar-refractivity contribution in [3.63, 3.8) is 0 Å². The third-order valence-corrected chi connectivity index (χ3v) is 4.87. The van der Waals surface area contributed by atoms with E-state index >= 15 is 0 Å². The monoisotopic (exact) mass is 509 g/mol. The average molecular weight is 510 g/mol. The molecule has 10 nitrogen and oxygen atoms in total. The minimum absolute atomic E-state index is 0.0233. The summed E-state index contributed by atoms with van der Waals surface area (Å²) in [7, 11) is 0. The van der Waals surface area contributed by atoms with Gasteiger partial charge in [0.25, 0.3) is 0 Å². The standard InChI is InChI=1S/C27H27NO9/c1-19(29)35-32-16-22-10-4-7-13-25(22)28(26-14-8-5-11-23(26)17-33-36-20(2)30)27-15-9-6-12-24(27)18-34-37-21(3)31/h4-15H,16-18H2,1-3H3. The largest absolute Gasteiger partial charge is 0.339 e. The predicted octanol–water partition coefficient (Wildman–Crippen LogP) is 5.14. The molecule has 0 N–H and O–H groups in total. The number of anilines is 3. The lowest BCUT2D eigenvalue weighted by molar-refractivity contribution is -0.277. The molecule has 0 aromatic heterocycles. The summed E-state index contributed by atoms with van der Waals surface area (Å²) in [6.45, 7) is 3.67. The van der Waals surface area contributed by atoms with E-state index in [-0.39, 0.29) is 19.8 Å². The van der Waals surface area contributed by atoms with Crippen molar-refractivity contribution in [2.24, 2.45) is 0 Å². The molecule has 0 unspecified atom stereocenters. The lowest BCUT2D eigenvalue weighted by Gasteiger charge is -2.30. The molecule has 0 bridgehead atoms. The quantitative estimate of drug-likeness (QED) is 0.240. The van der Waals surface area contributed by atoms with Crippen LogP contribution in [0.15, 0.2) is 72.8 Å². The van der Waals surface area contributed by atoms with Crippen LogP contribution >= 0.6 is 0 Å². The Morgan fingerprint density at radius 3 is 1.05 bits per heavy atom. The van der Waals surface area contributed by atoms with Crippen LogP contribution in [-0.2, 0) is 63.5 Å². The summed E-state index contributed by atoms with van der Waals surface area (Å²) in [5.74, 6) is -1.72. The summed E-state index contributed by atoms with van der Waals surface area (Å²) >= 11 is 0. The second-order valence-corrected chi connectivity index (χ2v) is 7.73. The first kappa shape index (κ1) is 27.3. The van der Waals surface area contributed by atoms with Gasteiger partial charge in [0.1, 0.15) is 19.8 Å². The Morgan fingerprint density at radius 1 is 0.514 bits per heavy atom. The third kappa shape index (κ3) is 8.14. The second-order valence-electron chi connectivity index (χ2n) is 7.73. The number of rotatable bonds is 12. The molecule has 0 saturated carbocycles. The number of hydrogen-bond acceptors (Lipinski definition) is 10. The summed E-state index contributed by atoms with van der Waals surface area (Å²) in [6.07, 6.45) is 0. The van der Waals surface area contributed by atoms with Gasteiger partial charge in [0, 0.05) is 37.5 Å². The Bertz CT molecular complexity index is 1080. The van der Waals surface area contributed by atoms with Crippen LogP contribution in [0.4, 0.5) is 17.1 Å². The van der Waals surface area contributed by atoms with Crippen molar-refractivity contribution < 1.29 is 43.7 Å². The molecule has 0 spiro atoms. The molecule has 194 valence electrons. The van der Waals surface area contributed by atoms with Crippen molar-refractivity contribution in [1.29, 1.82) is 0 Å². The molecule has 3 aromatic rings. The van der Waals surface area contributed by atoms with Gasteiger partial charge >= 0.3 is 17.9 Å². The van der Waals surface area contributed by atoms with E-state index in [1.54, 1.807) is 0 Å². The van der Waals surface area contributed by atoms with Crippen molar-refractivity contribution in [2.75, 3.05) is 4.90 Å². The smallest absolute Gasteiger partial charge is 0.309 e. The Kier molecular flexibility index (Phi) is 10.1. The SMILES string of the molecule is CC(=O)OOCc1ccccc1N(c1ccccc1COOC(C)=O)c1ccccc1COOC(C)=O. The maximum Gasteiger partial charge on any atom is 0.339 e. The molecular weight excluding hydrogens is 482 g/mol. The molecule has 0 atom stereocenters. The van der Waals surface area contributed by atoms with Gasteiger partial charge in [-0.15, -0.1) is 0 Å². The fraction of sp³-hybridized carbons (Fsp3) is 0.222. The van der Waals surface area contributed by atoms with Crippen LogP contribution < -0.4 is 4.90 Å². The molecule has 10 heteroatoms. The minimum Gasteiger partial charge on any atom is -0.309 e. The van der Waals surface area contributed by atoms with E-state index in [1.165, 1.54) is 20.8 Å². The molecule has 0 saturated heterocycles. The molecule has 3 aromatic carbocycles. The molecule has 0 fully saturated rings. The molecule has 3 rings (SSSR count). The van der Waals surface area contributed by atoms with Crippen LogP contribution in [0.3, 0.4) is 0 Å². The summed E-state index contributed by atoms with van der Waals surface area (Å²) in [6, 6.07) is 22.2. The summed E-state index contributed by atoms with van der Waals surface area (Å²) in [5, 5.41) is 0. The van der Waals surface area contributed by atoms with Gasteiger partial charge in [-0.05, 0) is 18.2 Å². The zero-order chi connectivity index (χ0) is 26.6. The first-order valence-corrected chi connectivity index (χ1v) is 11.3. The van der Waals surface area contributed by atoms with Crippen molar-refractivity contribution in [3.8, 4) is 0 Å². The summed E-state index contributed by atoms with van der Waals surface area (Å²) in [4.78, 5) is 65.1. The maximum absolute atomic E-state index is 11.2.